The van der Waals surface area contributed by atoms with Gasteiger partial charge in [0.05, 0.1) is 16.9 Å². The third-order valence-corrected chi connectivity index (χ3v) is 5.08. The smallest absolute Gasteiger partial charge is 0.269 e. The summed E-state index contributed by atoms with van der Waals surface area (Å²) in [4.78, 5) is 21.9. The lowest BCUT2D eigenvalue weighted by atomic mass is 9.76. The van der Waals surface area contributed by atoms with E-state index in [0.29, 0.717) is 5.69 Å². The van der Waals surface area contributed by atoms with Gasteiger partial charge < -0.3 is 15.2 Å². The molecular weight excluding hydrogens is 320 g/mol. The summed E-state index contributed by atoms with van der Waals surface area (Å²) in [6.45, 7) is 0. The predicted octanol–water partition coefficient (Wildman–Crippen LogP) is 2.78. The number of nitro benzene ring substituents is 1. The number of non-ortho nitro benzene ring substituents is 1. The molecule has 4 rings (SSSR count). The lowest BCUT2D eigenvalue weighted by Gasteiger charge is -2.38. The van der Waals surface area contributed by atoms with Crippen LogP contribution in [-0.2, 0) is 0 Å². The van der Waals surface area contributed by atoms with Gasteiger partial charge in [0.25, 0.3) is 5.69 Å². The number of carbonyl (C=O) groups excluding carboxylic acids is 1. The number of rotatable bonds is 3. The number of nitro groups is 1. The van der Waals surface area contributed by atoms with Crippen molar-refractivity contribution >= 4 is 17.3 Å². The molecule has 1 heterocycles. The van der Waals surface area contributed by atoms with Crippen LogP contribution >= 0.6 is 0 Å². The van der Waals surface area contributed by atoms with Gasteiger partial charge in [-0.25, -0.2) is 0 Å². The molecule has 3 atom stereocenters. The number of allylic oxidation sites excluding steroid dienone is 2. The number of aromatic carboxylic acids is 1. The zero-order valence-electron chi connectivity index (χ0n) is 13.2. The average molecular weight is 335 g/mol. The van der Waals surface area contributed by atoms with Crippen molar-refractivity contribution in [3.63, 3.8) is 0 Å². The summed E-state index contributed by atoms with van der Waals surface area (Å²) in [5.41, 5.74) is 2.63. The Labute approximate surface area is 144 Å². The standard InChI is InChI=1S/C19H16N2O4/c22-19(23)16-6-2-5-15-13-3-1-4-14(13)17(20-18(15)16)11-7-9-12(10-8-11)21(24)25/h1-3,5-10,13-14,17,20H,4H2,(H,22,23)/p-1/t13-,14+,17+/m0/s1. The Kier molecular flexibility index (Phi) is 3.53. The van der Waals surface area contributed by atoms with Crippen molar-refractivity contribution in [2.24, 2.45) is 5.92 Å². The van der Waals surface area contributed by atoms with Crippen molar-refractivity contribution in [3.8, 4) is 0 Å². The van der Waals surface area contributed by atoms with Crippen LogP contribution in [0.5, 0.6) is 0 Å². The predicted molar refractivity (Wildman–Crippen MR) is 90.2 cm³/mol. The van der Waals surface area contributed by atoms with Gasteiger partial charge in [-0.15, -0.1) is 0 Å². The summed E-state index contributed by atoms with van der Waals surface area (Å²) in [7, 11) is 0. The highest BCUT2D eigenvalue weighted by molar-refractivity contribution is 5.94. The number of carboxylic acid groups (broad SMARTS) is 1. The molecule has 0 fully saturated rings. The molecule has 0 saturated heterocycles. The highest BCUT2D eigenvalue weighted by Crippen LogP contribution is 2.50. The topological polar surface area (TPSA) is 95.3 Å². The van der Waals surface area contributed by atoms with Crippen LogP contribution in [0.2, 0.25) is 0 Å². The minimum absolute atomic E-state index is 0.0384. The molecule has 0 amide bonds. The SMILES string of the molecule is O=C([O-])c1cccc2c1N[C@H](c1ccc([N+](=O)[O-])cc1)[C@@H]1CC=C[C@H]21. The zero-order valence-corrected chi connectivity index (χ0v) is 13.2. The summed E-state index contributed by atoms with van der Waals surface area (Å²) in [5, 5.41) is 25.7. The number of anilines is 1. The molecule has 2 aromatic carbocycles. The van der Waals surface area contributed by atoms with Crippen molar-refractivity contribution in [2.45, 2.75) is 18.4 Å². The molecule has 6 nitrogen and oxygen atoms in total. The van der Waals surface area contributed by atoms with Gasteiger partial charge in [-0.05, 0) is 23.5 Å². The van der Waals surface area contributed by atoms with E-state index in [1.807, 2.05) is 6.07 Å². The first-order valence-electron chi connectivity index (χ1n) is 8.08. The summed E-state index contributed by atoms with van der Waals surface area (Å²) >= 11 is 0. The van der Waals surface area contributed by atoms with Crippen molar-refractivity contribution < 1.29 is 14.8 Å². The van der Waals surface area contributed by atoms with E-state index in [9.17, 15) is 20.0 Å². The molecule has 1 aliphatic carbocycles. The molecule has 0 radical (unpaired) electrons. The Morgan fingerprint density at radius 2 is 1.92 bits per heavy atom. The molecule has 0 unspecified atom stereocenters. The van der Waals surface area contributed by atoms with E-state index in [1.165, 1.54) is 18.2 Å². The lowest BCUT2D eigenvalue weighted by molar-refractivity contribution is -0.384. The first kappa shape index (κ1) is 15.4. The van der Waals surface area contributed by atoms with Crippen LogP contribution in [0.3, 0.4) is 0 Å². The van der Waals surface area contributed by atoms with Gasteiger partial charge in [-0.3, -0.25) is 10.1 Å². The molecule has 2 aliphatic rings. The number of nitrogens with zero attached hydrogens (tertiary/aromatic N) is 1. The van der Waals surface area contributed by atoms with Crippen LogP contribution in [0.4, 0.5) is 11.4 Å². The molecular formula is C19H15N2O4-. The third-order valence-electron chi connectivity index (χ3n) is 5.08. The van der Waals surface area contributed by atoms with Crippen molar-refractivity contribution in [1.82, 2.24) is 0 Å². The minimum atomic E-state index is -1.22. The molecule has 1 aliphatic heterocycles. The molecule has 2 aromatic rings. The lowest BCUT2D eigenvalue weighted by Crippen LogP contribution is -2.32. The number of nitrogens with one attached hydrogen (secondary N) is 1. The summed E-state index contributed by atoms with van der Waals surface area (Å²) in [5.74, 6) is -0.853. The Balaban J connectivity index is 1.78. The summed E-state index contributed by atoms with van der Waals surface area (Å²) in [6.07, 6.45) is 5.09. The molecule has 126 valence electrons. The van der Waals surface area contributed by atoms with E-state index in [4.69, 9.17) is 0 Å². The fourth-order valence-electron chi connectivity index (χ4n) is 3.92. The minimum Gasteiger partial charge on any atom is -0.545 e. The second-order valence-electron chi connectivity index (χ2n) is 6.38. The van der Waals surface area contributed by atoms with E-state index < -0.39 is 10.9 Å². The second-order valence-corrected chi connectivity index (χ2v) is 6.38. The Morgan fingerprint density at radius 1 is 1.16 bits per heavy atom. The van der Waals surface area contributed by atoms with E-state index in [2.05, 4.69) is 17.5 Å². The first-order chi connectivity index (χ1) is 12.1. The maximum Gasteiger partial charge on any atom is 0.269 e. The van der Waals surface area contributed by atoms with Gasteiger partial charge in [0.2, 0.25) is 0 Å². The Morgan fingerprint density at radius 3 is 2.60 bits per heavy atom. The number of fused-ring (bicyclic) bond motifs is 3. The second kappa shape index (κ2) is 5.73. The number of hydrogen-bond acceptors (Lipinski definition) is 5. The van der Waals surface area contributed by atoms with Crippen molar-refractivity contribution in [3.05, 3.63) is 81.4 Å². The van der Waals surface area contributed by atoms with E-state index in [-0.39, 0.29) is 29.1 Å². The zero-order chi connectivity index (χ0) is 17.6. The van der Waals surface area contributed by atoms with Crippen LogP contribution in [0.15, 0.2) is 54.6 Å². The van der Waals surface area contributed by atoms with Crippen LogP contribution < -0.4 is 10.4 Å². The molecule has 1 N–H and O–H groups in total. The van der Waals surface area contributed by atoms with Gasteiger partial charge in [-0.1, -0.05) is 42.5 Å². The number of carboxylic acids is 1. The van der Waals surface area contributed by atoms with Crippen LogP contribution in [-0.4, -0.2) is 10.9 Å². The molecule has 6 heteroatoms. The largest absolute Gasteiger partial charge is 0.545 e. The molecule has 0 spiro atoms. The third kappa shape index (κ3) is 2.46. The molecule has 25 heavy (non-hydrogen) atoms. The van der Waals surface area contributed by atoms with Crippen LogP contribution in [0.25, 0.3) is 0 Å². The average Bonchev–Trinajstić information content (AvgIpc) is 3.10. The van der Waals surface area contributed by atoms with Crippen molar-refractivity contribution in [2.75, 3.05) is 5.32 Å². The number of carbonyl (C=O) groups is 1. The van der Waals surface area contributed by atoms with E-state index in [0.717, 1.165) is 17.5 Å². The maximum absolute atomic E-state index is 11.5. The quantitative estimate of drug-likeness (QED) is 0.529. The highest BCUT2D eigenvalue weighted by Gasteiger charge is 2.38. The fraction of sp³-hybridized carbons (Fsp3) is 0.211. The van der Waals surface area contributed by atoms with E-state index in [1.54, 1.807) is 18.2 Å². The number of para-hydroxylation sites is 1. The van der Waals surface area contributed by atoms with Crippen LogP contribution in [0, 0.1) is 16.0 Å². The van der Waals surface area contributed by atoms with Gasteiger partial charge in [-0.2, -0.15) is 0 Å². The highest BCUT2D eigenvalue weighted by atomic mass is 16.6. The summed E-state index contributed by atoms with van der Waals surface area (Å²) in [6, 6.07) is 11.5. The van der Waals surface area contributed by atoms with Gasteiger partial charge >= 0.3 is 0 Å². The Hall–Kier alpha value is -3.15. The first-order valence-corrected chi connectivity index (χ1v) is 8.08. The monoisotopic (exact) mass is 335 g/mol. The van der Waals surface area contributed by atoms with Crippen molar-refractivity contribution in [1.29, 1.82) is 0 Å². The maximum atomic E-state index is 11.5. The van der Waals surface area contributed by atoms with Gasteiger partial charge in [0.15, 0.2) is 0 Å². The molecule has 0 saturated carbocycles. The normalized spacial score (nSPS) is 23.4. The van der Waals surface area contributed by atoms with Crippen LogP contribution in [0.1, 0.15) is 39.9 Å². The van der Waals surface area contributed by atoms with Gasteiger partial charge in [0, 0.05) is 29.3 Å². The number of benzene rings is 2. The van der Waals surface area contributed by atoms with Gasteiger partial charge in [0.1, 0.15) is 0 Å². The summed E-state index contributed by atoms with van der Waals surface area (Å²) < 4.78 is 0. The fourth-order valence-corrected chi connectivity index (χ4v) is 3.92. The Bertz CT molecular complexity index is 889. The number of hydrogen-bond donors (Lipinski definition) is 1. The van der Waals surface area contributed by atoms with E-state index >= 15 is 0 Å². The molecule has 0 aromatic heterocycles. The molecule has 0 bridgehead atoms.